The van der Waals surface area contributed by atoms with Crippen LogP contribution in [0, 0.1) is 0 Å². The molecule has 0 aliphatic rings. The molecule has 0 radical (unpaired) electrons. The van der Waals surface area contributed by atoms with Crippen molar-refractivity contribution in [2.45, 2.75) is 6.04 Å². The fourth-order valence-electron chi connectivity index (χ4n) is 3.38. The fraction of sp³-hybridized carbons (Fsp3) is 0.0357. The molecule has 4 nitrogen and oxygen atoms in total. The van der Waals surface area contributed by atoms with Crippen molar-refractivity contribution >= 4 is 60.5 Å². The highest BCUT2D eigenvalue weighted by molar-refractivity contribution is 9.10. The highest BCUT2D eigenvalue weighted by Gasteiger charge is 2.31. The second-order valence-corrected chi connectivity index (χ2v) is 9.31. The maximum absolute atomic E-state index is 13.7. The summed E-state index contributed by atoms with van der Waals surface area (Å²) >= 11 is 6.86. The third-order valence-electron chi connectivity index (χ3n) is 5.09. The Kier molecular flexibility index (Phi) is 7.83. The van der Waals surface area contributed by atoms with E-state index in [1.165, 1.54) is 0 Å². The molecular weight excluding hydrogens is 556 g/mol. The number of nitrogens with zero attached hydrogens (tertiary/aromatic N) is 1. The van der Waals surface area contributed by atoms with Crippen molar-refractivity contribution in [3.8, 4) is 0 Å². The van der Waals surface area contributed by atoms with Gasteiger partial charge in [-0.3, -0.25) is 9.59 Å². The van der Waals surface area contributed by atoms with Gasteiger partial charge in [-0.15, -0.1) is 0 Å². The number of hydrogen-bond acceptors (Lipinski definition) is 4. The number of nitrogens with one attached hydrogen (secondary N) is 1. The molecule has 0 saturated heterocycles. The number of ketones is 2. The largest absolute Gasteiger partial charge is 0.370 e. The van der Waals surface area contributed by atoms with E-state index >= 15 is 0 Å². The lowest BCUT2D eigenvalue weighted by Gasteiger charge is -2.21. The average molecular weight is 576 g/mol. The molecule has 0 saturated carbocycles. The van der Waals surface area contributed by atoms with Gasteiger partial charge in [-0.25, -0.2) is 4.99 Å². The minimum atomic E-state index is -1.00. The zero-order valence-electron chi connectivity index (χ0n) is 18.0. The monoisotopic (exact) mass is 574 g/mol. The zero-order valence-corrected chi connectivity index (χ0v) is 21.2. The van der Waals surface area contributed by atoms with Gasteiger partial charge in [-0.1, -0.05) is 92.5 Å². The molecule has 4 aromatic carbocycles. The zero-order chi connectivity index (χ0) is 23.9. The van der Waals surface area contributed by atoms with Gasteiger partial charge in [0.1, 0.15) is 11.8 Å². The highest BCUT2D eigenvalue weighted by Crippen LogP contribution is 2.22. The van der Waals surface area contributed by atoms with E-state index in [9.17, 15) is 9.59 Å². The minimum Gasteiger partial charge on any atom is -0.370 e. The van der Waals surface area contributed by atoms with Crippen LogP contribution in [0.4, 0.5) is 11.4 Å². The molecule has 0 aliphatic carbocycles. The Hall–Kier alpha value is -3.35. The summed E-state index contributed by atoms with van der Waals surface area (Å²) in [5.41, 5.74) is 2.33. The van der Waals surface area contributed by atoms with Crippen LogP contribution < -0.4 is 5.32 Å². The molecule has 0 aliphatic heterocycles. The number of rotatable bonds is 8. The Bertz CT molecular complexity index is 1300. The minimum absolute atomic E-state index is 0.116. The van der Waals surface area contributed by atoms with Gasteiger partial charge < -0.3 is 5.32 Å². The molecule has 0 amide bonds. The second kappa shape index (κ2) is 11.2. The molecular formula is C28H20Br2N2O2. The van der Waals surface area contributed by atoms with Crippen molar-refractivity contribution in [1.82, 2.24) is 0 Å². The smallest absolute Gasteiger partial charge is 0.209 e. The number of aliphatic imine (C=N–C) groups is 1. The van der Waals surface area contributed by atoms with Crippen molar-refractivity contribution in [2.75, 3.05) is 5.32 Å². The Morgan fingerprint density at radius 2 is 1.15 bits per heavy atom. The second-order valence-electron chi connectivity index (χ2n) is 7.48. The Labute approximate surface area is 215 Å². The van der Waals surface area contributed by atoms with E-state index < -0.39 is 6.04 Å². The molecule has 1 atom stereocenters. The van der Waals surface area contributed by atoms with Crippen molar-refractivity contribution in [2.24, 2.45) is 4.99 Å². The van der Waals surface area contributed by atoms with E-state index in [1.807, 2.05) is 48.5 Å². The Morgan fingerprint density at radius 3 is 1.71 bits per heavy atom. The molecule has 1 N–H and O–H groups in total. The highest BCUT2D eigenvalue weighted by atomic mass is 79.9. The van der Waals surface area contributed by atoms with Crippen LogP contribution in [0.5, 0.6) is 0 Å². The lowest BCUT2D eigenvalue weighted by molar-refractivity contribution is 0.0975. The van der Waals surface area contributed by atoms with Crippen molar-refractivity contribution in [3.63, 3.8) is 0 Å². The molecule has 4 aromatic rings. The van der Waals surface area contributed by atoms with E-state index in [0.717, 1.165) is 8.95 Å². The number of hydrogen-bond donors (Lipinski definition) is 1. The summed E-state index contributed by atoms with van der Waals surface area (Å²) in [6, 6.07) is 31.5. The lowest BCUT2D eigenvalue weighted by Crippen LogP contribution is -2.42. The normalized spacial score (nSPS) is 12.1. The van der Waals surface area contributed by atoms with Crippen LogP contribution >= 0.6 is 31.9 Å². The Balaban J connectivity index is 1.85. The van der Waals surface area contributed by atoms with E-state index in [2.05, 4.69) is 37.2 Å². The first-order valence-electron chi connectivity index (χ1n) is 10.6. The molecule has 4 rings (SSSR count). The van der Waals surface area contributed by atoms with E-state index in [1.54, 1.807) is 60.7 Å². The number of anilines is 1. The van der Waals surface area contributed by atoms with Gasteiger partial charge in [-0.05, 0) is 48.5 Å². The summed E-state index contributed by atoms with van der Waals surface area (Å²) in [5, 5.41) is 3.26. The van der Waals surface area contributed by atoms with Crippen molar-refractivity contribution < 1.29 is 9.59 Å². The molecule has 0 bridgehead atoms. The van der Waals surface area contributed by atoms with Crippen LogP contribution in [0.2, 0.25) is 0 Å². The van der Waals surface area contributed by atoms with E-state index in [4.69, 9.17) is 4.99 Å². The number of carbonyl (C=O) groups excluding carboxylic acids is 2. The van der Waals surface area contributed by atoms with Gasteiger partial charge in [0.05, 0.1) is 5.69 Å². The van der Waals surface area contributed by atoms with Gasteiger partial charge >= 0.3 is 0 Å². The maximum atomic E-state index is 13.7. The SMILES string of the molecule is O=C(C(=Nc1ccc(Br)cc1)[C@H](Nc1ccc(Br)cc1)C(=O)c1ccccc1)c1ccccc1. The third kappa shape index (κ3) is 5.95. The molecule has 0 heterocycles. The van der Waals surface area contributed by atoms with Crippen LogP contribution in [-0.2, 0) is 0 Å². The summed E-state index contributed by atoms with van der Waals surface area (Å²) < 4.78 is 1.81. The first-order chi connectivity index (χ1) is 16.5. The first kappa shape index (κ1) is 23.8. The van der Waals surface area contributed by atoms with E-state index in [0.29, 0.717) is 22.5 Å². The lowest BCUT2D eigenvalue weighted by atomic mass is 9.94. The number of benzene rings is 4. The molecule has 0 fully saturated rings. The molecule has 0 unspecified atom stereocenters. The fourth-order valence-corrected chi connectivity index (χ4v) is 3.91. The molecule has 168 valence electrons. The topological polar surface area (TPSA) is 58.5 Å². The third-order valence-corrected chi connectivity index (χ3v) is 6.15. The van der Waals surface area contributed by atoms with E-state index in [-0.39, 0.29) is 17.3 Å². The predicted octanol–water partition coefficient (Wildman–Crippen LogP) is 7.53. The van der Waals surface area contributed by atoms with Crippen LogP contribution in [0.25, 0.3) is 0 Å². The van der Waals surface area contributed by atoms with Gasteiger partial charge in [0, 0.05) is 25.8 Å². The van der Waals surface area contributed by atoms with Crippen molar-refractivity contribution in [1.29, 1.82) is 0 Å². The summed E-state index contributed by atoms with van der Waals surface area (Å²) in [6.45, 7) is 0. The summed E-state index contributed by atoms with van der Waals surface area (Å²) in [6.07, 6.45) is 0. The predicted molar refractivity (Wildman–Crippen MR) is 144 cm³/mol. The van der Waals surface area contributed by atoms with Gasteiger partial charge in [0.15, 0.2) is 5.78 Å². The molecule has 0 spiro atoms. The van der Waals surface area contributed by atoms with Crippen LogP contribution in [0.1, 0.15) is 20.7 Å². The van der Waals surface area contributed by atoms with Gasteiger partial charge in [0.25, 0.3) is 0 Å². The van der Waals surface area contributed by atoms with Gasteiger partial charge in [-0.2, -0.15) is 0 Å². The summed E-state index contributed by atoms with van der Waals surface area (Å²) in [5.74, 6) is -0.564. The average Bonchev–Trinajstić information content (AvgIpc) is 2.88. The molecule has 0 aromatic heterocycles. The quantitative estimate of drug-likeness (QED) is 0.174. The van der Waals surface area contributed by atoms with Crippen LogP contribution in [0.3, 0.4) is 0 Å². The first-order valence-corrected chi connectivity index (χ1v) is 12.1. The Morgan fingerprint density at radius 1 is 0.647 bits per heavy atom. The summed E-state index contributed by atoms with van der Waals surface area (Å²) in [7, 11) is 0. The molecule has 6 heteroatoms. The van der Waals surface area contributed by atoms with Gasteiger partial charge in [0.2, 0.25) is 5.78 Å². The standard InChI is InChI=1S/C28H20Br2N2O2/c29-21-11-15-23(16-12-21)31-25(27(33)19-7-3-1-4-8-19)26(28(34)20-9-5-2-6-10-20)32-24-17-13-22(30)14-18-24/h1-18,25,31H/t25-/m0/s1. The maximum Gasteiger partial charge on any atom is 0.209 e. The van der Waals surface area contributed by atoms with Crippen LogP contribution in [0.15, 0.2) is 123 Å². The number of halogens is 2. The van der Waals surface area contributed by atoms with Crippen LogP contribution in [-0.4, -0.2) is 23.3 Å². The number of Topliss-reactive ketones (excluding diaryl/α,β-unsaturated/α-hetero) is 2. The molecule has 34 heavy (non-hydrogen) atoms. The summed E-state index contributed by atoms with van der Waals surface area (Å²) in [4.78, 5) is 32.1. The number of carbonyl (C=O) groups is 2. The van der Waals surface area contributed by atoms with Crippen molar-refractivity contribution in [3.05, 3.63) is 129 Å².